The number of carbonyl (C=O) groups is 2. The highest BCUT2D eigenvalue weighted by Gasteiger charge is 2.32. The number of ether oxygens (including phenoxy) is 2. The molecule has 4 N–H and O–H groups in total. The lowest BCUT2D eigenvalue weighted by Gasteiger charge is -2.36. The Morgan fingerprint density at radius 3 is 2.28 bits per heavy atom. The van der Waals surface area contributed by atoms with Gasteiger partial charge in [0.25, 0.3) is 0 Å². The smallest absolute Gasteiger partial charge is 0.243 e. The van der Waals surface area contributed by atoms with Crippen molar-refractivity contribution >= 4 is 23.6 Å². The van der Waals surface area contributed by atoms with Crippen molar-refractivity contribution in [2.24, 2.45) is 0 Å². The molecular formula is C36H39N3O6S. The van der Waals surface area contributed by atoms with Gasteiger partial charge in [-0.25, -0.2) is 10.5 Å². The molecule has 0 unspecified atom stereocenters. The number of rotatable bonds is 14. The van der Waals surface area contributed by atoms with Crippen LogP contribution in [0.15, 0.2) is 102 Å². The van der Waals surface area contributed by atoms with E-state index in [-0.39, 0.29) is 31.1 Å². The van der Waals surface area contributed by atoms with Gasteiger partial charge in [0.2, 0.25) is 11.8 Å². The summed E-state index contributed by atoms with van der Waals surface area (Å²) in [6.45, 7) is 0.380. The predicted molar refractivity (Wildman–Crippen MR) is 176 cm³/mol. The summed E-state index contributed by atoms with van der Waals surface area (Å²) in [5.41, 5.74) is 7.44. The van der Waals surface area contributed by atoms with Crippen LogP contribution in [0.2, 0.25) is 0 Å². The average Bonchev–Trinajstić information content (AvgIpc) is 3.12. The van der Waals surface area contributed by atoms with Gasteiger partial charge >= 0.3 is 0 Å². The van der Waals surface area contributed by atoms with Gasteiger partial charge in [0.15, 0.2) is 6.29 Å². The maximum absolute atomic E-state index is 12.4. The van der Waals surface area contributed by atoms with E-state index in [0.29, 0.717) is 32.2 Å². The maximum atomic E-state index is 12.4. The number of hydrogen-bond donors (Lipinski definition) is 4. The first kappa shape index (κ1) is 33.3. The van der Waals surface area contributed by atoms with Crippen molar-refractivity contribution in [2.45, 2.75) is 68.8 Å². The zero-order valence-electron chi connectivity index (χ0n) is 25.5. The fourth-order valence-corrected chi connectivity index (χ4v) is 6.20. The van der Waals surface area contributed by atoms with Crippen molar-refractivity contribution in [3.8, 4) is 11.1 Å². The van der Waals surface area contributed by atoms with Gasteiger partial charge in [0.1, 0.15) is 0 Å². The fraction of sp³-hybridized carbons (Fsp3) is 0.306. The molecule has 0 aliphatic carbocycles. The van der Waals surface area contributed by atoms with Gasteiger partial charge in [0, 0.05) is 43.3 Å². The number of pyridine rings is 1. The largest absolute Gasteiger partial charge is 0.392 e. The quantitative estimate of drug-likeness (QED) is 0.0550. The summed E-state index contributed by atoms with van der Waals surface area (Å²) in [5, 5.41) is 22.0. The third-order valence-corrected chi connectivity index (χ3v) is 8.92. The molecule has 1 aliphatic heterocycles. The number of thioether (sulfide) groups is 1. The van der Waals surface area contributed by atoms with Crippen molar-refractivity contribution in [1.29, 1.82) is 0 Å². The van der Waals surface area contributed by atoms with Crippen LogP contribution in [0.1, 0.15) is 66.8 Å². The maximum Gasteiger partial charge on any atom is 0.243 e. The molecule has 10 heteroatoms. The zero-order valence-corrected chi connectivity index (χ0v) is 26.3. The van der Waals surface area contributed by atoms with Crippen molar-refractivity contribution in [3.63, 3.8) is 0 Å². The Morgan fingerprint density at radius 2 is 1.57 bits per heavy atom. The van der Waals surface area contributed by atoms with E-state index in [2.05, 4.69) is 10.3 Å². The number of aliphatic hydroxyl groups excluding tert-OH is 1. The first-order chi connectivity index (χ1) is 22.5. The number of benzene rings is 3. The standard InChI is InChI=1S/C36H39N3O6S/c40-23-25-12-14-27(15-13-25)32-21-30(24-46-35-11-5-6-20-37-35)44-36(45-32)28-18-16-26(17-19-28)31-8-2-1-7-29(31)22-38-33(41)9-3-4-10-34(42)39-43/h1-2,5-8,11-20,30,32,36,40,43H,3-4,9-10,21-24H2,(H,38,41)(H,39,42)/t30-,32+,36+/m1/s1. The molecule has 3 aromatic carbocycles. The molecule has 1 fully saturated rings. The van der Waals surface area contributed by atoms with Crippen LogP contribution in [0.25, 0.3) is 11.1 Å². The van der Waals surface area contributed by atoms with Crippen LogP contribution in [0.4, 0.5) is 0 Å². The molecule has 0 radical (unpaired) electrons. The highest BCUT2D eigenvalue weighted by atomic mass is 32.2. The van der Waals surface area contributed by atoms with Gasteiger partial charge < -0.3 is 19.9 Å². The highest BCUT2D eigenvalue weighted by Crippen LogP contribution is 2.40. The SMILES string of the molecule is O=C(CCCCC(=O)NCc1ccccc1-c1ccc([C@H]2O[C@@H](CSc3ccccn3)C[C@@H](c3ccc(CO)cc3)O2)cc1)NO. The summed E-state index contributed by atoms with van der Waals surface area (Å²) in [7, 11) is 0. The molecule has 1 aromatic heterocycles. The molecule has 46 heavy (non-hydrogen) atoms. The number of nitrogens with one attached hydrogen (secondary N) is 2. The van der Waals surface area contributed by atoms with E-state index in [1.807, 2.05) is 91.0 Å². The van der Waals surface area contributed by atoms with Crippen LogP contribution in [0, 0.1) is 0 Å². The monoisotopic (exact) mass is 641 g/mol. The molecule has 4 aromatic rings. The number of carbonyl (C=O) groups excluding carboxylic acids is 2. The number of nitrogens with zero attached hydrogens (tertiary/aromatic N) is 1. The van der Waals surface area contributed by atoms with Crippen molar-refractivity contribution in [1.82, 2.24) is 15.8 Å². The normalized spacial score (nSPS) is 17.7. The second-order valence-electron chi connectivity index (χ2n) is 11.1. The average molecular weight is 642 g/mol. The second kappa shape index (κ2) is 17.0. The van der Waals surface area contributed by atoms with Gasteiger partial charge in [0.05, 0.1) is 23.8 Å². The molecule has 5 rings (SSSR count). The molecule has 0 bridgehead atoms. The highest BCUT2D eigenvalue weighted by molar-refractivity contribution is 7.99. The van der Waals surface area contributed by atoms with Gasteiger partial charge in [-0.15, -0.1) is 11.8 Å². The molecule has 2 heterocycles. The van der Waals surface area contributed by atoms with E-state index in [1.54, 1.807) is 23.4 Å². The molecule has 0 spiro atoms. The summed E-state index contributed by atoms with van der Waals surface area (Å²) in [5.74, 6) is 0.198. The number of hydrogen-bond acceptors (Lipinski definition) is 8. The minimum Gasteiger partial charge on any atom is -0.392 e. The Morgan fingerprint density at radius 1 is 0.848 bits per heavy atom. The molecule has 1 aliphatic rings. The summed E-state index contributed by atoms with van der Waals surface area (Å²) in [6, 6.07) is 29.9. The summed E-state index contributed by atoms with van der Waals surface area (Å²) < 4.78 is 13.0. The van der Waals surface area contributed by atoms with Crippen LogP contribution < -0.4 is 10.8 Å². The number of unbranched alkanes of at least 4 members (excludes halogenated alkanes) is 1. The molecule has 1 saturated heterocycles. The minimum absolute atomic E-state index is 0.00385. The van der Waals surface area contributed by atoms with Crippen molar-refractivity contribution < 1.29 is 29.4 Å². The Balaban J connectivity index is 1.25. The van der Waals surface area contributed by atoms with Crippen molar-refractivity contribution in [2.75, 3.05) is 5.75 Å². The third-order valence-electron chi connectivity index (χ3n) is 7.84. The number of aliphatic hydroxyl groups is 1. The lowest BCUT2D eigenvalue weighted by atomic mass is 9.97. The molecule has 9 nitrogen and oxygen atoms in total. The Labute approximate surface area is 273 Å². The van der Waals surface area contributed by atoms with Gasteiger partial charge in [-0.3, -0.25) is 14.8 Å². The first-order valence-corrected chi connectivity index (χ1v) is 16.4. The van der Waals surface area contributed by atoms with Crippen LogP contribution >= 0.6 is 11.8 Å². The van der Waals surface area contributed by atoms with E-state index in [1.165, 1.54) is 0 Å². The van der Waals surface area contributed by atoms with Crippen molar-refractivity contribution in [3.05, 3.63) is 119 Å². The number of hydroxylamine groups is 1. The minimum atomic E-state index is -0.558. The summed E-state index contributed by atoms with van der Waals surface area (Å²) in [6.07, 6.45) is 3.28. The summed E-state index contributed by atoms with van der Waals surface area (Å²) >= 11 is 1.66. The van der Waals surface area contributed by atoms with Crippen LogP contribution in [-0.2, 0) is 32.2 Å². The Kier molecular flexibility index (Phi) is 12.3. The van der Waals surface area contributed by atoms with E-state index < -0.39 is 12.2 Å². The predicted octanol–water partition coefficient (Wildman–Crippen LogP) is 6.26. The van der Waals surface area contributed by atoms with Crippen LogP contribution in [-0.4, -0.2) is 39.0 Å². The molecule has 0 saturated carbocycles. The topological polar surface area (TPSA) is 130 Å². The first-order valence-electron chi connectivity index (χ1n) is 15.4. The lowest BCUT2D eigenvalue weighted by Crippen LogP contribution is -2.31. The van der Waals surface area contributed by atoms with E-state index in [4.69, 9.17) is 14.7 Å². The zero-order chi connectivity index (χ0) is 32.1. The lowest BCUT2D eigenvalue weighted by molar-refractivity contribution is -0.245. The molecular weight excluding hydrogens is 602 g/mol. The Hall–Kier alpha value is -4.06. The summed E-state index contributed by atoms with van der Waals surface area (Å²) in [4.78, 5) is 28.0. The van der Waals surface area contributed by atoms with E-state index in [9.17, 15) is 14.7 Å². The van der Waals surface area contributed by atoms with E-state index in [0.717, 1.165) is 44.2 Å². The number of amides is 2. The molecule has 240 valence electrons. The second-order valence-corrected chi connectivity index (χ2v) is 12.2. The fourth-order valence-electron chi connectivity index (χ4n) is 5.32. The van der Waals surface area contributed by atoms with Gasteiger partial charge in [-0.2, -0.15) is 0 Å². The molecule has 2 amide bonds. The van der Waals surface area contributed by atoms with Crippen LogP contribution in [0.3, 0.4) is 0 Å². The third kappa shape index (κ3) is 9.48. The van der Waals surface area contributed by atoms with E-state index >= 15 is 0 Å². The van der Waals surface area contributed by atoms with Crippen LogP contribution in [0.5, 0.6) is 0 Å². The molecule has 3 atom stereocenters. The Bertz CT molecular complexity index is 1550. The number of aromatic nitrogens is 1. The van der Waals surface area contributed by atoms with Gasteiger partial charge in [-0.05, 0) is 52.8 Å². The van der Waals surface area contributed by atoms with Gasteiger partial charge in [-0.1, -0.05) is 78.9 Å².